The number of carbonyl (C=O) groups excluding carboxylic acids is 1. The number of nitriles is 1. The fraction of sp³-hybridized carbons (Fsp3) is 0.385. The van der Waals surface area contributed by atoms with Gasteiger partial charge in [0.25, 0.3) is 0 Å². The van der Waals surface area contributed by atoms with Gasteiger partial charge in [-0.1, -0.05) is 0 Å². The van der Waals surface area contributed by atoms with E-state index in [0.717, 1.165) is 4.31 Å². The second-order valence-electron chi connectivity index (χ2n) is 4.48. The Morgan fingerprint density at radius 1 is 1.48 bits per heavy atom. The molecule has 0 spiro atoms. The summed E-state index contributed by atoms with van der Waals surface area (Å²) < 4.78 is 31.6. The average Bonchev–Trinajstić information content (AvgIpc) is 2.47. The quantitative estimate of drug-likeness (QED) is 0.599. The predicted molar refractivity (Wildman–Crippen MR) is 72.5 cm³/mol. The first-order valence-corrected chi connectivity index (χ1v) is 7.62. The number of nitrogens with zero attached hydrogens (tertiary/aromatic N) is 3. The number of hydrogen-bond acceptors (Lipinski definition) is 6. The Kier molecular flexibility index (Phi) is 4.50. The summed E-state index contributed by atoms with van der Waals surface area (Å²) in [6, 6.07) is 6.29. The fourth-order valence-electron chi connectivity index (χ4n) is 2.15. The Balaban J connectivity index is 2.45. The van der Waals surface area contributed by atoms with Crippen LogP contribution in [-0.2, 0) is 19.6 Å². The molecule has 1 aliphatic rings. The normalized spacial score (nSPS) is 19.5. The third kappa shape index (κ3) is 3.01. The highest BCUT2D eigenvalue weighted by Crippen LogP contribution is 2.24. The summed E-state index contributed by atoms with van der Waals surface area (Å²) in [5.41, 5.74) is 0.852. The number of morpholine rings is 1. The molecule has 0 amide bonds. The van der Waals surface area contributed by atoms with Crippen LogP contribution in [0.1, 0.15) is 11.1 Å². The number of benzene rings is 1. The van der Waals surface area contributed by atoms with Crippen LogP contribution >= 0.6 is 0 Å². The average molecular weight is 307 g/mol. The lowest BCUT2D eigenvalue weighted by Gasteiger charge is -2.31. The molecule has 8 heteroatoms. The van der Waals surface area contributed by atoms with Crippen molar-refractivity contribution in [3.8, 4) is 6.07 Å². The molecule has 21 heavy (non-hydrogen) atoms. The molecule has 2 rings (SSSR count). The number of aryl methyl sites for hydroxylation is 1. The molecule has 0 radical (unpaired) electrons. The van der Waals surface area contributed by atoms with Crippen LogP contribution in [0.5, 0.6) is 0 Å². The van der Waals surface area contributed by atoms with Gasteiger partial charge in [0.2, 0.25) is 16.1 Å². The summed E-state index contributed by atoms with van der Waals surface area (Å²) in [5, 5.41) is 8.83. The summed E-state index contributed by atoms with van der Waals surface area (Å²) in [6.45, 7) is 1.98. The van der Waals surface area contributed by atoms with Crippen molar-refractivity contribution >= 4 is 16.1 Å². The second-order valence-corrected chi connectivity index (χ2v) is 6.34. The fourth-order valence-corrected chi connectivity index (χ4v) is 3.85. The van der Waals surface area contributed by atoms with Crippen molar-refractivity contribution in [3.63, 3.8) is 0 Å². The number of sulfonamides is 1. The highest BCUT2D eigenvalue weighted by atomic mass is 32.2. The molecular formula is C13H13N3O4S. The van der Waals surface area contributed by atoms with Gasteiger partial charge in [0.1, 0.15) is 0 Å². The molecule has 1 unspecified atom stereocenters. The zero-order valence-corrected chi connectivity index (χ0v) is 12.1. The highest BCUT2D eigenvalue weighted by molar-refractivity contribution is 7.89. The Morgan fingerprint density at radius 3 is 2.86 bits per heavy atom. The molecule has 1 aromatic rings. The molecule has 0 aliphatic carbocycles. The van der Waals surface area contributed by atoms with E-state index in [9.17, 15) is 13.2 Å². The van der Waals surface area contributed by atoms with Crippen molar-refractivity contribution in [1.29, 1.82) is 5.26 Å². The van der Waals surface area contributed by atoms with E-state index in [-0.39, 0.29) is 24.7 Å². The molecule has 1 saturated heterocycles. The number of aliphatic imine (C=N–C) groups is 1. The third-order valence-corrected chi connectivity index (χ3v) is 5.21. The largest absolute Gasteiger partial charge is 0.376 e. The van der Waals surface area contributed by atoms with Crippen LogP contribution in [0.4, 0.5) is 0 Å². The summed E-state index contributed by atoms with van der Waals surface area (Å²) in [4.78, 5) is 14.0. The summed E-state index contributed by atoms with van der Waals surface area (Å²) >= 11 is 0. The molecule has 1 fully saturated rings. The van der Waals surface area contributed by atoms with Crippen molar-refractivity contribution in [2.75, 3.05) is 19.8 Å². The standard InChI is InChI=1S/C13H13N3O4S/c1-10-6-11(7-14)2-3-12(10)21(18,19)16-4-5-20-8-13(16)15-9-17/h2-3,6,13H,4-5,8H2,1H3. The van der Waals surface area contributed by atoms with E-state index in [1.807, 2.05) is 6.07 Å². The third-order valence-electron chi connectivity index (χ3n) is 3.15. The van der Waals surface area contributed by atoms with Crippen molar-refractivity contribution in [1.82, 2.24) is 4.31 Å². The van der Waals surface area contributed by atoms with Crippen molar-refractivity contribution in [2.24, 2.45) is 4.99 Å². The van der Waals surface area contributed by atoms with Gasteiger partial charge in [-0.15, -0.1) is 0 Å². The molecule has 0 bridgehead atoms. The van der Waals surface area contributed by atoms with Gasteiger partial charge in [-0.25, -0.2) is 13.2 Å². The smallest absolute Gasteiger partial charge is 0.245 e. The van der Waals surface area contributed by atoms with E-state index >= 15 is 0 Å². The molecule has 0 aromatic heterocycles. The van der Waals surface area contributed by atoms with Gasteiger partial charge >= 0.3 is 0 Å². The Hall–Kier alpha value is -2.04. The first kappa shape index (κ1) is 15.4. The number of isocyanates is 1. The molecule has 7 nitrogen and oxygen atoms in total. The molecule has 1 aromatic carbocycles. The minimum absolute atomic E-state index is 0.0177. The maximum absolute atomic E-state index is 12.7. The van der Waals surface area contributed by atoms with Crippen LogP contribution in [0, 0.1) is 18.3 Å². The topological polar surface area (TPSA) is 99.8 Å². The highest BCUT2D eigenvalue weighted by Gasteiger charge is 2.35. The number of rotatable bonds is 3. The molecular weight excluding hydrogens is 294 g/mol. The summed E-state index contributed by atoms with van der Waals surface area (Å²) in [6.07, 6.45) is 0.463. The predicted octanol–water partition coefficient (Wildman–Crippen LogP) is 0.550. The zero-order valence-electron chi connectivity index (χ0n) is 11.3. The molecule has 110 valence electrons. The first-order chi connectivity index (χ1) is 10.0. The zero-order chi connectivity index (χ0) is 15.5. The van der Waals surface area contributed by atoms with Gasteiger partial charge in [0.05, 0.1) is 29.7 Å². The number of ether oxygens (including phenoxy) is 1. The maximum Gasteiger partial charge on any atom is 0.245 e. The van der Waals surface area contributed by atoms with E-state index in [1.165, 1.54) is 24.3 Å². The van der Waals surface area contributed by atoms with Gasteiger partial charge in [-0.05, 0) is 30.7 Å². The van der Waals surface area contributed by atoms with Crippen LogP contribution in [0.2, 0.25) is 0 Å². The second kappa shape index (κ2) is 6.16. The Bertz CT molecular complexity index is 732. The van der Waals surface area contributed by atoms with Crippen molar-refractivity contribution < 1.29 is 17.9 Å². The van der Waals surface area contributed by atoms with Crippen LogP contribution < -0.4 is 0 Å². The van der Waals surface area contributed by atoms with Gasteiger partial charge in [-0.3, -0.25) is 0 Å². The molecule has 0 saturated carbocycles. The lowest BCUT2D eigenvalue weighted by atomic mass is 10.2. The Morgan fingerprint density at radius 2 is 2.24 bits per heavy atom. The summed E-state index contributed by atoms with van der Waals surface area (Å²) in [5.74, 6) is 0. The van der Waals surface area contributed by atoms with Gasteiger partial charge in [0, 0.05) is 6.54 Å². The van der Waals surface area contributed by atoms with E-state index in [2.05, 4.69) is 4.99 Å². The lowest BCUT2D eigenvalue weighted by Crippen LogP contribution is -2.47. The monoisotopic (exact) mass is 307 g/mol. The maximum atomic E-state index is 12.7. The SMILES string of the molecule is Cc1cc(C#N)ccc1S(=O)(=O)N1CCOCC1N=C=O. The van der Waals surface area contributed by atoms with Crippen LogP contribution in [0.25, 0.3) is 0 Å². The number of hydrogen-bond donors (Lipinski definition) is 0. The molecule has 1 heterocycles. The van der Waals surface area contributed by atoms with Gasteiger partial charge in [-0.2, -0.15) is 14.6 Å². The molecule has 1 aliphatic heterocycles. The first-order valence-electron chi connectivity index (χ1n) is 6.18. The summed E-state index contributed by atoms with van der Waals surface area (Å²) in [7, 11) is -3.82. The van der Waals surface area contributed by atoms with E-state index in [4.69, 9.17) is 10.00 Å². The Labute approximate surface area is 122 Å². The van der Waals surface area contributed by atoms with Crippen LogP contribution in [0.3, 0.4) is 0 Å². The van der Waals surface area contributed by atoms with E-state index in [0.29, 0.717) is 11.1 Å². The molecule has 1 atom stereocenters. The lowest BCUT2D eigenvalue weighted by molar-refractivity contribution is 0.0359. The van der Waals surface area contributed by atoms with Gasteiger partial charge < -0.3 is 4.74 Å². The van der Waals surface area contributed by atoms with Crippen LogP contribution in [-0.4, -0.2) is 44.7 Å². The molecule has 0 N–H and O–H groups in total. The van der Waals surface area contributed by atoms with E-state index < -0.39 is 16.2 Å². The van der Waals surface area contributed by atoms with Crippen molar-refractivity contribution in [2.45, 2.75) is 18.0 Å². The van der Waals surface area contributed by atoms with Crippen molar-refractivity contribution in [3.05, 3.63) is 29.3 Å². The minimum atomic E-state index is -3.82. The van der Waals surface area contributed by atoms with Gasteiger partial charge in [0.15, 0.2) is 6.17 Å². The van der Waals surface area contributed by atoms with E-state index in [1.54, 1.807) is 6.92 Å². The van der Waals surface area contributed by atoms with Crippen LogP contribution in [0.15, 0.2) is 28.1 Å². The minimum Gasteiger partial charge on any atom is -0.376 e.